The van der Waals surface area contributed by atoms with Crippen molar-refractivity contribution in [2.24, 2.45) is 5.92 Å². The van der Waals surface area contributed by atoms with Crippen molar-refractivity contribution in [2.45, 2.75) is 71.9 Å². The average molecular weight is 200 g/mol. The lowest BCUT2D eigenvalue weighted by molar-refractivity contribution is -0.186. The van der Waals surface area contributed by atoms with Gasteiger partial charge in [0.05, 0.1) is 12.2 Å². The van der Waals surface area contributed by atoms with Crippen molar-refractivity contribution in [1.82, 2.24) is 0 Å². The second kappa shape index (κ2) is 4.63. The number of ether oxygens (including phenoxy) is 2. The Morgan fingerprint density at radius 1 is 1.14 bits per heavy atom. The molecule has 0 aromatic heterocycles. The predicted octanol–water partition coefficient (Wildman–Crippen LogP) is 3.35. The molecule has 2 nitrogen and oxygen atoms in total. The van der Waals surface area contributed by atoms with Crippen molar-refractivity contribution in [3.63, 3.8) is 0 Å². The van der Waals surface area contributed by atoms with Crippen LogP contribution in [0, 0.1) is 5.92 Å². The van der Waals surface area contributed by atoms with Crippen LogP contribution in [-0.2, 0) is 9.47 Å². The second-order valence-electron chi connectivity index (χ2n) is 4.63. The third kappa shape index (κ3) is 2.48. The van der Waals surface area contributed by atoms with E-state index in [-0.39, 0.29) is 18.0 Å². The summed E-state index contributed by atoms with van der Waals surface area (Å²) in [5.41, 5.74) is 0. The fourth-order valence-electron chi connectivity index (χ4n) is 1.98. The molecule has 14 heavy (non-hydrogen) atoms. The van der Waals surface area contributed by atoms with Crippen molar-refractivity contribution in [3.8, 4) is 0 Å². The molecule has 0 aliphatic carbocycles. The summed E-state index contributed by atoms with van der Waals surface area (Å²) in [6.07, 6.45) is 3.63. The van der Waals surface area contributed by atoms with E-state index in [1.54, 1.807) is 0 Å². The van der Waals surface area contributed by atoms with Gasteiger partial charge in [0.2, 0.25) is 0 Å². The molecule has 0 saturated carbocycles. The molecule has 1 saturated heterocycles. The lowest BCUT2D eigenvalue weighted by Crippen LogP contribution is -2.32. The minimum absolute atomic E-state index is 0.235. The van der Waals surface area contributed by atoms with Crippen LogP contribution in [0.15, 0.2) is 0 Å². The molecule has 3 atom stereocenters. The van der Waals surface area contributed by atoms with Gasteiger partial charge in [-0.25, -0.2) is 0 Å². The van der Waals surface area contributed by atoms with Crippen LogP contribution >= 0.6 is 0 Å². The Labute approximate surface area is 88.0 Å². The van der Waals surface area contributed by atoms with E-state index >= 15 is 0 Å². The van der Waals surface area contributed by atoms with Crippen molar-refractivity contribution >= 4 is 0 Å². The van der Waals surface area contributed by atoms with Crippen molar-refractivity contribution in [1.29, 1.82) is 0 Å². The van der Waals surface area contributed by atoms with Gasteiger partial charge in [0.25, 0.3) is 0 Å². The molecule has 0 aromatic carbocycles. The average Bonchev–Trinajstić information content (AvgIpc) is 2.43. The molecule has 1 rings (SSSR count). The molecule has 0 radical (unpaired) electrons. The summed E-state index contributed by atoms with van der Waals surface area (Å²) in [6, 6.07) is 0. The van der Waals surface area contributed by atoms with Crippen LogP contribution in [0.4, 0.5) is 0 Å². The molecular formula is C12H24O2. The van der Waals surface area contributed by atoms with E-state index in [1.165, 1.54) is 6.42 Å². The molecule has 84 valence electrons. The van der Waals surface area contributed by atoms with Crippen LogP contribution in [0.2, 0.25) is 0 Å². The molecule has 1 heterocycles. The number of hydrogen-bond donors (Lipinski definition) is 0. The molecule has 1 aliphatic rings. The standard InChI is InChI=1S/C12H24O2/c1-6-9(3)8-12(7-2)13-10(4)11(5)14-12/h9-11H,6-8H2,1-5H3/t9-,10-,11-/m1/s1. The maximum atomic E-state index is 5.96. The van der Waals surface area contributed by atoms with Crippen LogP contribution in [0.25, 0.3) is 0 Å². The number of rotatable bonds is 4. The quantitative estimate of drug-likeness (QED) is 0.693. The maximum absolute atomic E-state index is 5.96. The third-order valence-electron chi connectivity index (χ3n) is 3.36. The first-order chi connectivity index (χ1) is 6.53. The smallest absolute Gasteiger partial charge is 0.169 e. The molecule has 0 amide bonds. The predicted molar refractivity (Wildman–Crippen MR) is 58.2 cm³/mol. The summed E-state index contributed by atoms with van der Waals surface area (Å²) < 4.78 is 11.9. The highest BCUT2D eigenvalue weighted by Crippen LogP contribution is 2.36. The molecule has 0 aromatic rings. The van der Waals surface area contributed by atoms with E-state index in [1.807, 2.05) is 0 Å². The van der Waals surface area contributed by atoms with Crippen molar-refractivity contribution in [3.05, 3.63) is 0 Å². The Morgan fingerprint density at radius 3 is 2.00 bits per heavy atom. The summed E-state index contributed by atoms with van der Waals surface area (Å²) in [4.78, 5) is 0. The van der Waals surface area contributed by atoms with E-state index in [2.05, 4.69) is 34.6 Å². The highest BCUT2D eigenvalue weighted by Gasteiger charge is 2.42. The Balaban J connectivity index is 2.60. The SMILES string of the molecule is CC[C@@H](C)CC1(CC)O[C@H](C)[C@@H](C)O1. The Morgan fingerprint density at radius 2 is 1.64 bits per heavy atom. The molecule has 0 unspecified atom stereocenters. The summed E-state index contributed by atoms with van der Waals surface area (Å²) in [5, 5.41) is 0. The largest absolute Gasteiger partial charge is 0.344 e. The van der Waals surface area contributed by atoms with E-state index in [0.717, 1.165) is 12.8 Å². The van der Waals surface area contributed by atoms with Gasteiger partial charge < -0.3 is 9.47 Å². The second-order valence-corrected chi connectivity index (χ2v) is 4.63. The van der Waals surface area contributed by atoms with Gasteiger partial charge in [-0.2, -0.15) is 0 Å². The van der Waals surface area contributed by atoms with E-state index in [0.29, 0.717) is 5.92 Å². The normalized spacial score (nSPS) is 33.2. The maximum Gasteiger partial charge on any atom is 0.169 e. The molecule has 0 N–H and O–H groups in total. The summed E-state index contributed by atoms with van der Waals surface area (Å²) in [6.45, 7) is 10.8. The van der Waals surface area contributed by atoms with Gasteiger partial charge in [0.15, 0.2) is 5.79 Å². The zero-order chi connectivity index (χ0) is 10.8. The van der Waals surface area contributed by atoms with Crippen LogP contribution in [0.3, 0.4) is 0 Å². The van der Waals surface area contributed by atoms with Gasteiger partial charge in [-0.05, 0) is 26.2 Å². The van der Waals surface area contributed by atoms with Gasteiger partial charge in [-0.3, -0.25) is 0 Å². The monoisotopic (exact) mass is 200 g/mol. The number of hydrogen-bond acceptors (Lipinski definition) is 2. The molecule has 1 aliphatic heterocycles. The molecular weight excluding hydrogens is 176 g/mol. The fourth-order valence-corrected chi connectivity index (χ4v) is 1.98. The highest BCUT2D eigenvalue weighted by molar-refractivity contribution is 4.82. The zero-order valence-electron chi connectivity index (χ0n) is 10.2. The van der Waals surface area contributed by atoms with Crippen molar-refractivity contribution in [2.75, 3.05) is 0 Å². The van der Waals surface area contributed by atoms with Crippen LogP contribution in [-0.4, -0.2) is 18.0 Å². The molecule has 0 bridgehead atoms. The molecule has 2 heteroatoms. The van der Waals surface area contributed by atoms with Gasteiger partial charge in [-0.1, -0.05) is 27.2 Å². The molecule has 0 spiro atoms. The summed E-state index contributed by atoms with van der Waals surface area (Å²) in [7, 11) is 0. The third-order valence-corrected chi connectivity index (χ3v) is 3.36. The minimum atomic E-state index is -0.297. The van der Waals surface area contributed by atoms with Gasteiger partial charge in [0, 0.05) is 6.42 Å². The topological polar surface area (TPSA) is 18.5 Å². The van der Waals surface area contributed by atoms with Crippen LogP contribution in [0.5, 0.6) is 0 Å². The van der Waals surface area contributed by atoms with Crippen LogP contribution in [0.1, 0.15) is 53.9 Å². The van der Waals surface area contributed by atoms with E-state index in [9.17, 15) is 0 Å². The van der Waals surface area contributed by atoms with Crippen LogP contribution < -0.4 is 0 Å². The molecule has 1 fully saturated rings. The van der Waals surface area contributed by atoms with Crippen molar-refractivity contribution < 1.29 is 9.47 Å². The minimum Gasteiger partial charge on any atom is -0.344 e. The van der Waals surface area contributed by atoms with E-state index in [4.69, 9.17) is 9.47 Å². The van der Waals surface area contributed by atoms with Gasteiger partial charge in [-0.15, -0.1) is 0 Å². The Hall–Kier alpha value is -0.0800. The first-order valence-corrected chi connectivity index (χ1v) is 5.88. The first-order valence-electron chi connectivity index (χ1n) is 5.88. The Kier molecular flexibility index (Phi) is 3.96. The summed E-state index contributed by atoms with van der Waals surface area (Å²) in [5.74, 6) is 0.376. The lowest BCUT2D eigenvalue weighted by Gasteiger charge is -2.29. The van der Waals surface area contributed by atoms with E-state index < -0.39 is 0 Å². The lowest BCUT2D eigenvalue weighted by atomic mass is 9.97. The summed E-state index contributed by atoms with van der Waals surface area (Å²) >= 11 is 0. The first kappa shape index (κ1) is 12.0. The zero-order valence-corrected chi connectivity index (χ0v) is 10.2. The van der Waals surface area contributed by atoms with Gasteiger partial charge >= 0.3 is 0 Å². The Bertz CT molecular complexity index is 169. The fraction of sp³-hybridized carbons (Fsp3) is 1.00. The highest BCUT2D eigenvalue weighted by atomic mass is 16.8. The van der Waals surface area contributed by atoms with Gasteiger partial charge in [0.1, 0.15) is 0 Å².